The highest BCUT2D eigenvalue weighted by Gasteiger charge is 2.41. The summed E-state index contributed by atoms with van der Waals surface area (Å²) >= 11 is 0. The summed E-state index contributed by atoms with van der Waals surface area (Å²) in [5, 5.41) is 0. The summed E-state index contributed by atoms with van der Waals surface area (Å²) in [5.41, 5.74) is 0. The SMILES string of the molecule is CCOC(=O)C(CC1(C)OCCO1)C(=O)OCC. The van der Waals surface area contributed by atoms with Gasteiger partial charge in [-0.25, -0.2) is 0 Å². The van der Waals surface area contributed by atoms with E-state index in [0.717, 1.165) is 0 Å². The molecule has 6 heteroatoms. The van der Waals surface area contributed by atoms with Crippen LogP contribution in [0.4, 0.5) is 0 Å². The van der Waals surface area contributed by atoms with Gasteiger partial charge in [0.25, 0.3) is 0 Å². The number of hydrogen-bond donors (Lipinski definition) is 0. The van der Waals surface area contributed by atoms with Crippen molar-refractivity contribution in [2.45, 2.75) is 33.0 Å². The van der Waals surface area contributed by atoms with Crippen LogP contribution in [0, 0.1) is 5.92 Å². The van der Waals surface area contributed by atoms with Crippen LogP contribution in [0.5, 0.6) is 0 Å². The predicted molar refractivity (Wildman–Crippen MR) is 61.7 cm³/mol. The lowest BCUT2D eigenvalue weighted by molar-refractivity contribution is -0.182. The molecule has 0 bridgehead atoms. The zero-order valence-electron chi connectivity index (χ0n) is 11.1. The third kappa shape index (κ3) is 3.96. The van der Waals surface area contributed by atoms with E-state index >= 15 is 0 Å². The molecule has 0 aliphatic carbocycles. The highest BCUT2D eigenvalue weighted by atomic mass is 16.7. The lowest BCUT2D eigenvalue weighted by Gasteiger charge is -2.25. The predicted octanol–water partition coefficient (Wildman–Crippen LogP) is 0.882. The van der Waals surface area contributed by atoms with Gasteiger partial charge in [-0.15, -0.1) is 0 Å². The van der Waals surface area contributed by atoms with E-state index in [1.165, 1.54) is 0 Å². The van der Waals surface area contributed by atoms with Gasteiger partial charge in [0, 0.05) is 6.42 Å². The normalized spacial score (nSPS) is 17.8. The molecule has 0 atom stereocenters. The van der Waals surface area contributed by atoms with E-state index in [9.17, 15) is 9.59 Å². The van der Waals surface area contributed by atoms with Crippen LogP contribution in [0.15, 0.2) is 0 Å². The Bertz CT molecular complexity index is 277. The number of carbonyl (C=O) groups is 2. The molecule has 0 aromatic carbocycles. The molecular formula is C12H20O6. The molecular weight excluding hydrogens is 240 g/mol. The molecule has 0 unspecified atom stereocenters. The first-order valence-electron chi connectivity index (χ1n) is 6.13. The van der Waals surface area contributed by atoms with Crippen LogP contribution in [0.2, 0.25) is 0 Å². The molecule has 0 radical (unpaired) electrons. The van der Waals surface area contributed by atoms with E-state index in [1.807, 2.05) is 0 Å². The molecule has 0 saturated carbocycles. The fourth-order valence-corrected chi connectivity index (χ4v) is 1.79. The van der Waals surface area contributed by atoms with Crippen molar-refractivity contribution >= 4 is 11.9 Å². The molecule has 0 aromatic heterocycles. The second kappa shape index (κ2) is 6.70. The maximum atomic E-state index is 11.8. The van der Waals surface area contributed by atoms with Crippen LogP contribution < -0.4 is 0 Å². The molecule has 0 aromatic rings. The van der Waals surface area contributed by atoms with Gasteiger partial charge < -0.3 is 18.9 Å². The smallest absolute Gasteiger partial charge is 0.320 e. The van der Waals surface area contributed by atoms with E-state index in [0.29, 0.717) is 13.2 Å². The van der Waals surface area contributed by atoms with Crippen molar-refractivity contribution < 1.29 is 28.5 Å². The molecule has 1 rings (SSSR count). The molecule has 18 heavy (non-hydrogen) atoms. The molecule has 6 nitrogen and oxygen atoms in total. The fraction of sp³-hybridized carbons (Fsp3) is 0.833. The summed E-state index contributed by atoms with van der Waals surface area (Å²) in [5.74, 6) is -3.13. The summed E-state index contributed by atoms with van der Waals surface area (Å²) < 4.78 is 20.5. The van der Waals surface area contributed by atoms with E-state index in [2.05, 4.69) is 0 Å². The third-order valence-corrected chi connectivity index (χ3v) is 2.62. The zero-order valence-corrected chi connectivity index (χ0v) is 11.1. The van der Waals surface area contributed by atoms with Gasteiger partial charge in [0.05, 0.1) is 26.4 Å². The van der Waals surface area contributed by atoms with E-state index in [4.69, 9.17) is 18.9 Å². The van der Waals surface area contributed by atoms with Crippen molar-refractivity contribution in [3.63, 3.8) is 0 Å². The van der Waals surface area contributed by atoms with Crippen molar-refractivity contribution in [3.05, 3.63) is 0 Å². The molecule has 1 saturated heterocycles. The Kier molecular flexibility index (Phi) is 5.55. The Morgan fingerprint density at radius 1 is 1.11 bits per heavy atom. The highest BCUT2D eigenvalue weighted by Crippen LogP contribution is 2.28. The average Bonchev–Trinajstić information content (AvgIpc) is 2.74. The van der Waals surface area contributed by atoms with Gasteiger partial charge in [-0.2, -0.15) is 0 Å². The van der Waals surface area contributed by atoms with Gasteiger partial charge >= 0.3 is 11.9 Å². The lowest BCUT2D eigenvalue weighted by atomic mass is 10.00. The molecule has 0 N–H and O–H groups in total. The van der Waals surface area contributed by atoms with Crippen LogP contribution in [-0.2, 0) is 28.5 Å². The lowest BCUT2D eigenvalue weighted by Crippen LogP contribution is -2.37. The molecule has 1 aliphatic rings. The van der Waals surface area contributed by atoms with Crippen LogP contribution >= 0.6 is 0 Å². The average molecular weight is 260 g/mol. The highest BCUT2D eigenvalue weighted by molar-refractivity contribution is 5.95. The van der Waals surface area contributed by atoms with Gasteiger partial charge in [0.15, 0.2) is 11.7 Å². The topological polar surface area (TPSA) is 71.1 Å². The molecule has 0 amide bonds. The maximum Gasteiger partial charge on any atom is 0.320 e. The van der Waals surface area contributed by atoms with Crippen molar-refractivity contribution in [2.24, 2.45) is 5.92 Å². The van der Waals surface area contributed by atoms with Crippen molar-refractivity contribution in [2.75, 3.05) is 26.4 Å². The molecule has 104 valence electrons. The van der Waals surface area contributed by atoms with Gasteiger partial charge in [-0.3, -0.25) is 9.59 Å². The summed E-state index contributed by atoms with van der Waals surface area (Å²) in [7, 11) is 0. The minimum absolute atomic E-state index is 0.102. The van der Waals surface area contributed by atoms with E-state index in [-0.39, 0.29) is 19.6 Å². The summed E-state index contributed by atoms with van der Waals surface area (Å²) in [6.07, 6.45) is 0.102. The van der Waals surface area contributed by atoms with Crippen LogP contribution in [0.3, 0.4) is 0 Å². The Morgan fingerprint density at radius 2 is 1.56 bits per heavy atom. The number of esters is 2. The van der Waals surface area contributed by atoms with Crippen LogP contribution in [0.1, 0.15) is 27.2 Å². The molecule has 0 spiro atoms. The van der Waals surface area contributed by atoms with Crippen molar-refractivity contribution in [3.8, 4) is 0 Å². The monoisotopic (exact) mass is 260 g/mol. The minimum atomic E-state index is -1.01. The summed E-state index contributed by atoms with van der Waals surface area (Å²) in [6.45, 7) is 6.41. The minimum Gasteiger partial charge on any atom is -0.465 e. The largest absolute Gasteiger partial charge is 0.465 e. The molecule has 1 fully saturated rings. The van der Waals surface area contributed by atoms with Gasteiger partial charge in [0.2, 0.25) is 0 Å². The number of rotatable bonds is 6. The van der Waals surface area contributed by atoms with Crippen LogP contribution in [-0.4, -0.2) is 44.2 Å². The Balaban J connectivity index is 2.70. The van der Waals surface area contributed by atoms with Gasteiger partial charge in [-0.1, -0.05) is 0 Å². The third-order valence-electron chi connectivity index (χ3n) is 2.62. The first-order valence-corrected chi connectivity index (χ1v) is 6.13. The van der Waals surface area contributed by atoms with E-state index in [1.54, 1.807) is 20.8 Å². The number of hydrogen-bond acceptors (Lipinski definition) is 6. The standard InChI is InChI=1S/C12H20O6/c1-4-15-10(13)9(11(14)16-5-2)8-12(3)17-6-7-18-12/h9H,4-8H2,1-3H3. The van der Waals surface area contributed by atoms with Crippen molar-refractivity contribution in [1.82, 2.24) is 0 Å². The number of carbonyl (C=O) groups excluding carboxylic acids is 2. The zero-order chi connectivity index (χ0) is 13.6. The first-order chi connectivity index (χ1) is 8.52. The Labute approximate surface area is 107 Å². The molecule has 1 aliphatic heterocycles. The second-order valence-electron chi connectivity index (χ2n) is 4.09. The van der Waals surface area contributed by atoms with E-state index < -0.39 is 23.6 Å². The summed E-state index contributed by atoms with van der Waals surface area (Å²) in [6, 6.07) is 0. The second-order valence-corrected chi connectivity index (χ2v) is 4.09. The van der Waals surface area contributed by atoms with Crippen molar-refractivity contribution in [1.29, 1.82) is 0 Å². The quantitative estimate of drug-likeness (QED) is 0.521. The molecule has 1 heterocycles. The van der Waals surface area contributed by atoms with Crippen LogP contribution in [0.25, 0.3) is 0 Å². The first kappa shape index (κ1) is 14.9. The maximum absolute atomic E-state index is 11.8. The fourth-order valence-electron chi connectivity index (χ4n) is 1.79. The summed E-state index contributed by atoms with van der Waals surface area (Å²) in [4.78, 5) is 23.5. The van der Waals surface area contributed by atoms with Gasteiger partial charge in [-0.05, 0) is 20.8 Å². The Hall–Kier alpha value is -1.14. The number of ether oxygens (including phenoxy) is 4. The Morgan fingerprint density at radius 3 is 1.94 bits per heavy atom. The van der Waals surface area contributed by atoms with Gasteiger partial charge in [0.1, 0.15) is 0 Å².